The molecule has 1 heterocycles. The van der Waals surface area contributed by atoms with Gasteiger partial charge in [0, 0.05) is 12.6 Å². The highest BCUT2D eigenvalue weighted by atomic mass is 35.5. The van der Waals surface area contributed by atoms with E-state index in [1.807, 2.05) is 35.0 Å². The maximum Gasteiger partial charge on any atom is 0.141 e. The van der Waals surface area contributed by atoms with Gasteiger partial charge < -0.3 is 5.32 Å². The summed E-state index contributed by atoms with van der Waals surface area (Å²) in [6, 6.07) is 10.4. The number of halogens is 1. The van der Waals surface area contributed by atoms with Gasteiger partial charge in [0.05, 0.1) is 11.9 Å². The molecule has 1 aromatic carbocycles. The Balaban J connectivity index is 1.85. The Labute approximate surface area is 118 Å². The van der Waals surface area contributed by atoms with Gasteiger partial charge in [-0.05, 0) is 19.4 Å². The van der Waals surface area contributed by atoms with Gasteiger partial charge in [-0.2, -0.15) is 5.10 Å². The fourth-order valence-electron chi connectivity index (χ4n) is 1.92. The highest BCUT2D eigenvalue weighted by Gasteiger charge is 2.09. The van der Waals surface area contributed by atoms with Crippen LogP contribution in [0, 0.1) is 0 Å². The van der Waals surface area contributed by atoms with E-state index in [-0.39, 0.29) is 5.38 Å². The van der Waals surface area contributed by atoms with Crippen LogP contribution in [0.5, 0.6) is 0 Å². The molecule has 1 unspecified atom stereocenters. The molecule has 0 saturated heterocycles. The molecule has 2 rings (SSSR count). The van der Waals surface area contributed by atoms with Crippen LogP contribution < -0.4 is 5.32 Å². The summed E-state index contributed by atoms with van der Waals surface area (Å²) >= 11 is 6.34. The highest BCUT2D eigenvalue weighted by Crippen LogP contribution is 2.18. The molecule has 4 nitrogen and oxygen atoms in total. The molecule has 0 spiro atoms. The van der Waals surface area contributed by atoms with E-state index in [1.54, 1.807) is 6.33 Å². The Morgan fingerprint density at radius 3 is 2.68 bits per heavy atom. The van der Waals surface area contributed by atoms with Crippen molar-refractivity contribution in [3.63, 3.8) is 0 Å². The van der Waals surface area contributed by atoms with E-state index in [4.69, 9.17) is 11.6 Å². The van der Waals surface area contributed by atoms with Crippen LogP contribution in [0.1, 0.15) is 36.7 Å². The molecule has 5 heteroatoms. The van der Waals surface area contributed by atoms with Gasteiger partial charge in [0.15, 0.2) is 0 Å². The van der Waals surface area contributed by atoms with E-state index < -0.39 is 0 Å². The second kappa shape index (κ2) is 6.68. The predicted molar refractivity (Wildman–Crippen MR) is 77.1 cm³/mol. The van der Waals surface area contributed by atoms with Crippen molar-refractivity contribution in [3.8, 4) is 0 Å². The minimum atomic E-state index is -0.0309. The van der Waals surface area contributed by atoms with Crippen LogP contribution in [0.15, 0.2) is 36.7 Å². The number of aromatic nitrogens is 3. The first kappa shape index (κ1) is 14.0. The summed E-state index contributed by atoms with van der Waals surface area (Å²) in [5.41, 5.74) is 1.13. The van der Waals surface area contributed by atoms with Crippen molar-refractivity contribution in [2.45, 2.75) is 31.8 Å². The topological polar surface area (TPSA) is 42.7 Å². The van der Waals surface area contributed by atoms with Crippen molar-refractivity contribution in [3.05, 3.63) is 48.0 Å². The summed E-state index contributed by atoms with van der Waals surface area (Å²) in [4.78, 5) is 4.25. The van der Waals surface area contributed by atoms with Gasteiger partial charge in [0.2, 0.25) is 0 Å². The number of rotatable bonds is 6. The number of alkyl halides is 1. The number of hydrogen-bond donors (Lipinski definition) is 1. The molecule has 1 N–H and O–H groups in total. The zero-order chi connectivity index (χ0) is 13.7. The van der Waals surface area contributed by atoms with Crippen molar-refractivity contribution in [2.75, 3.05) is 6.54 Å². The molecule has 0 aliphatic rings. The second-order valence-electron chi connectivity index (χ2n) is 4.72. The molecule has 0 bridgehead atoms. The molecule has 0 aliphatic heterocycles. The zero-order valence-electron chi connectivity index (χ0n) is 11.3. The maximum absolute atomic E-state index is 6.34. The quantitative estimate of drug-likeness (QED) is 0.826. The van der Waals surface area contributed by atoms with Gasteiger partial charge in [0.25, 0.3) is 0 Å². The molecule has 0 saturated carbocycles. The Morgan fingerprint density at radius 2 is 2.00 bits per heavy atom. The zero-order valence-corrected chi connectivity index (χ0v) is 12.0. The van der Waals surface area contributed by atoms with Gasteiger partial charge in [-0.25, -0.2) is 9.67 Å². The molecule has 1 atom stereocenters. The lowest BCUT2D eigenvalue weighted by Crippen LogP contribution is -2.22. The minimum absolute atomic E-state index is 0.0309. The summed E-state index contributed by atoms with van der Waals surface area (Å²) in [6.07, 6.45) is 1.59. The largest absolute Gasteiger partial charge is 0.308 e. The lowest BCUT2D eigenvalue weighted by Gasteiger charge is -2.12. The Kier molecular flexibility index (Phi) is 4.93. The molecular weight excluding hydrogens is 260 g/mol. The average molecular weight is 279 g/mol. The Morgan fingerprint density at radius 1 is 1.26 bits per heavy atom. The number of nitrogens with zero attached hydrogens (tertiary/aromatic N) is 3. The first-order chi connectivity index (χ1) is 9.18. The van der Waals surface area contributed by atoms with Crippen molar-refractivity contribution in [2.24, 2.45) is 0 Å². The number of nitrogens with one attached hydrogen (secondary N) is 1. The van der Waals surface area contributed by atoms with E-state index >= 15 is 0 Å². The Bertz CT molecular complexity index is 495. The third-order valence-electron chi connectivity index (χ3n) is 2.90. The van der Waals surface area contributed by atoms with Crippen LogP contribution >= 0.6 is 11.6 Å². The lowest BCUT2D eigenvalue weighted by atomic mass is 10.1. The van der Waals surface area contributed by atoms with Crippen molar-refractivity contribution < 1.29 is 0 Å². The summed E-state index contributed by atoms with van der Waals surface area (Å²) in [7, 11) is 0. The van der Waals surface area contributed by atoms with Gasteiger partial charge >= 0.3 is 0 Å². The highest BCUT2D eigenvalue weighted by molar-refractivity contribution is 6.21. The molecule has 1 aromatic heterocycles. The molecule has 0 amide bonds. The smallest absolute Gasteiger partial charge is 0.141 e. The van der Waals surface area contributed by atoms with E-state index in [0.717, 1.165) is 11.4 Å². The van der Waals surface area contributed by atoms with Gasteiger partial charge in [-0.1, -0.05) is 30.3 Å². The monoisotopic (exact) mass is 278 g/mol. The fraction of sp³-hybridized carbons (Fsp3) is 0.429. The summed E-state index contributed by atoms with van der Waals surface area (Å²) < 4.78 is 1.92. The van der Waals surface area contributed by atoms with Crippen LogP contribution in [-0.4, -0.2) is 21.3 Å². The maximum atomic E-state index is 6.34. The number of hydrogen-bond acceptors (Lipinski definition) is 3. The van der Waals surface area contributed by atoms with E-state index in [0.29, 0.717) is 19.1 Å². The van der Waals surface area contributed by atoms with Gasteiger partial charge in [-0.15, -0.1) is 11.6 Å². The van der Waals surface area contributed by atoms with Crippen LogP contribution in [0.2, 0.25) is 0 Å². The fourth-order valence-corrected chi connectivity index (χ4v) is 2.18. The van der Waals surface area contributed by atoms with Crippen LogP contribution in [0.3, 0.4) is 0 Å². The molecule has 0 aliphatic carbocycles. The first-order valence-electron chi connectivity index (χ1n) is 6.46. The Hall–Kier alpha value is -1.39. The lowest BCUT2D eigenvalue weighted by molar-refractivity contribution is 0.490. The average Bonchev–Trinajstić information content (AvgIpc) is 2.88. The third kappa shape index (κ3) is 3.78. The second-order valence-corrected chi connectivity index (χ2v) is 5.25. The number of benzene rings is 1. The molecule has 0 fully saturated rings. The molecular formula is C14H19ClN4. The molecule has 0 radical (unpaired) electrons. The standard InChI is InChI=1S/C14H19ClN4/c1-11(2)19-14(17-10-18-19)9-16-8-13(15)12-6-4-3-5-7-12/h3-7,10-11,13,16H,8-9H2,1-2H3. The van der Waals surface area contributed by atoms with Crippen LogP contribution in [-0.2, 0) is 6.54 Å². The SMILES string of the molecule is CC(C)n1ncnc1CNCC(Cl)c1ccccc1. The summed E-state index contributed by atoms with van der Waals surface area (Å²) in [5, 5.41) is 7.50. The third-order valence-corrected chi connectivity index (χ3v) is 3.31. The van der Waals surface area contributed by atoms with E-state index in [1.165, 1.54) is 0 Å². The van der Waals surface area contributed by atoms with Crippen molar-refractivity contribution in [1.29, 1.82) is 0 Å². The van der Waals surface area contributed by atoms with E-state index in [9.17, 15) is 0 Å². The predicted octanol–water partition coefficient (Wildman–Crippen LogP) is 2.93. The summed E-state index contributed by atoms with van der Waals surface area (Å²) in [5.74, 6) is 0.937. The molecule has 2 aromatic rings. The van der Waals surface area contributed by atoms with Crippen LogP contribution in [0.4, 0.5) is 0 Å². The minimum Gasteiger partial charge on any atom is -0.308 e. The van der Waals surface area contributed by atoms with Crippen LogP contribution in [0.25, 0.3) is 0 Å². The first-order valence-corrected chi connectivity index (χ1v) is 6.90. The van der Waals surface area contributed by atoms with Gasteiger partial charge in [0.1, 0.15) is 12.2 Å². The normalized spacial score (nSPS) is 12.8. The molecule has 19 heavy (non-hydrogen) atoms. The van der Waals surface area contributed by atoms with Crippen molar-refractivity contribution in [1.82, 2.24) is 20.1 Å². The summed E-state index contributed by atoms with van der Waals surface area (Å²) in [6.45, 7) is 5.56. The van der Waals surface area contributed by atoms with Crippen molar-refractivity contribution >= 4 is 11.6 Å². The van der Waals surface area contributed by atoms with E-state index in [2.05, 4.69) is 29.2 Å². The molecule has 102 valence electrons. The van der Waals surface area contributed by atoms with Gasteiger partial charge in [-0.3, -0.25) is 0 Å².